The van der Waals surface area contributed by atoms with Gasteiger partial charge in [-0.15, -0.1) is 0 Å². The zero-order valence-electron chi connectivity index (χ0n) is 13.7. The van der Waals surface area contributed by atoms with E-state index in [0.29, 0.717) is 24.9 Å². The molecule has 1 fully saturated rings. The maximum atomic E-state index is 12.3. The van der Waals surface area contributed by atoms with Crippen molar-refractivity contribution in [1.82, 2.24) is 15.5 Å². The van der Waals surface area contributed by atoms with Crippen molar-refractivity contribution >= 4 is 17.7 Å². The fraction of sp³-hybridized carbons (Fsp3) is 0.800. The van der Waals surface area contributed by atoms with Crippen LogP contribution in [0.5, 0.6) is 0 Å². The molecule has 22 heavy (non-hydrogen) atoms. The average molecular weight is 327 g/mol. The molecule has 1 aliphatic rings. The van der Waals surface area contributed by atoms with Gasteiger partial charge in [-0.1, -0.05) is 19.0 Å². The third-order valence-electron chi connectivity index (χ3n) is 4.00. The van der Waals surface area contributed by atoms with Crippen LogP contribution in [0.3, 0.4) is 0 Å². The van der Waals surface area contributed by atoms with Crippen molar-refractivity contribution in [2.45, 2.75) is 50.8 Å². The lowest BCUT2D eigenvalue weighted by Crippen LogP contribution is -2.39. The van der Waals surface area contributed by atoms with Gasteiger partial charge in [-0.2, -0.15) is 16.7 Å². The van der Waals surface area contributed by atoms with Gasteiger partial charge < -0.3 is 14.6 Å². The minimum Gasteiger partial charge on any atom is -0.381 e. The predicted molar refractivity (Wildman–Crippen MR) is 85.8 cm³/mol. The summed E-state index contributed by atoms with van der Waals surface area (Å²) in [4.78, 5) is 16.8. The Hall–Kier alpha value is -1.08. The molecule has 0 spiro atoms. The van der Waals surface area contributed by atoms with Crippen LogP contribution in [0.1, 0.15) is 57.3 Å². The van der Waals surface area contributed by atoms with E-state index in [-0.39, 0.29) is 29.0 Å². The molecule has 0 saturated carbocycles. The maximum absolute atomic E-state index is 12.3. The largest absolute Gasteiger partial charge is 0.381 e. The Morgan fingerprint density at radius 2 is 2.00 bits per heavy atom. The van der Waals surface area contributed by atoms with Crippen LogP contribution in [-0.4, -0.2) is 40.8 Å². The van der Waals surface area contributed by atoms with Crippen molar-refractivity contribution in [1.29, 1.82) is 0 Å². The Morgan fingerprint density at radius 3 is 2.55 bits per heavy atom. The summed E-state index contributed by atoms with van der Waals surface area (Å²) in [5.74, 6) is 1.67. The second kappa shape index (κ2) is 7.97. The summed E-state index contributed by atoms with van der Waals surface area (Å²) in [6, 6.07) is -0.231. The molecule has 1 aromatic heterocycles. The second-order valence-electron chi connectivity index (χ2n) is 5.96. The van der Waals surface area contributed by atoms with E-state index < -0.39 is 0 Å². The van der Waals surface area contributed by atoms with E-state index in [1.165, 1.54) is 11.8 Å². The summed E-state index contributed by atoms with van der Waals surface area (Å²) in [5, 5.41) is 7.02. The van der Waals surface area contributed by atoms with Gasteiger partial charge in [0.25, 0.3) is 0 Å². The van der Waals surface area contributed by atoms with Gasteiger partial charge in [0.05, 0.1) is 5.25 Å². The lowest BCUT2D eigenvalue weighted by atomic mass is 9.91. The highest BCUT2D eigenvalue weighted by atomic mass is 32.2. The molecule has 6 nitrogen and oxygen atoms in total. The van der Waals surface area contributed by atoms with Crippen LogP contribution in [0.4, 0.5) is 0 Å². The number of amides is 1. The summed E-state index contributed by atoms with van der Waals surface area (Å²) in [6.45, 7) is 7.36. The highest BCUT2D eigenvalue weighted by Crippen LogP contribution is 2.30. The molecule has 0 radical (unpaired) electrons. The summed E-state index contributed by atoms with van der Waals surface area (Å²) >= 11 is 1.52. The van der Waals surface area contributed by atoms with Crippen LogP contribution in [0, 0.1) is 5.92 Å². The zero-order chi connectivity index (χ0) is 16.1. The van der Waals surface area contributed by atoms with Gasteiger partial charge in [-0.3, -0.25) is 4.79 Å². The molecule has 2 rings (SSSR count). The van der Waals surface area contributed by atoms with Crippen molar-refractivity contribution in [3.63, 3.8) is 0 Å². The lowest BCUT2D eigenvalue weighted by molar-refractivity contribution is -0.122. The first-order chi connectivity index (χ1) is 10.5. The molecule has 1 amide bonds. The predicted octanol–water partition coefficient (Wildman–Crippen LogP) is 2.53. The average Bonchev–Trinajstić information content (AvgIpc) is 3.02. The number of hydrogen-bond donors (Lipinski definition) is 1. The Kier molecular flexibility index (Phi) is 6.26. The number of thioether (sulfide) groups is 1. The smallest absolute Gasteiger partial charge is 0.249 e. The number of rotatable bonds is 6. The van der Waals surface area contributed by atoms with E-state index in [2.05, 4.69) is 15.5 Å². The molecule has 2 heterocycles. The molecule has 0 unspecified atom stereocenters. The molecular weight excluding hydrogens is 302 g/mol. The number of nitrogens with zero attached hydrogens (tertiary/aromatic N) is 2. The molecular formula is C15H25N3O3S. The number of aromatic nitrogens is 2. The van der Waals surface area contributed by atoms with E-state index >= 15 is 0 Å². The molecule has 0 aromatic carbocycles. The third kappa shape index (κ3) is 4.23. The number of ether oxygens (including phenoxy) is 1. The highest BCUT2D eigenvalue weighted by Gasteiger charge is 2.32. The first-order valence-electron chi connectivity index (χ1n) is 7.77. The first-order valence-corrected chi connectivity index (χ1v) is 9.06. The van der Waals surface area contributed by atoms with Gasteiger partial charge in [-0.05, 0) is 31.9 Å². The van der Waals surface area contributed by atoms with Gasteiger partial charge in [0.1, 0.15) is 6.04 Å². The molecule has 1 saturated heterocycles. The minimum absolute atomic E-state index is 0.00767. The monoisotopic (exact) mass is 327 g/mol. The molecule has 0 bridgehead atoms. The van der Waals surface area contributed by atoms with E-state index in [4.69, 9.17) is 9.26 Å². The van der Waals surface area contributed by atoms with Crippen molar-refractivity contribution in [3.8, 4) is 0 Å². The van der Waals surface area contributed by atoms with Crippen LogP contribution in [0.2, 0.25) is 0 Å². The van der Waals surface area contributed by atoms with Crippen LogP contribution < -0.4 is 5.32 Å². The fourth-order valence-electron chi connectivity index (χ4n) is 2.42. The third-order valence-corrected chi connectivity index (χ3v) is 4.92. The van der Waals surface area contributed by atoms with Crippen LogP contribution in [0.25, 0.3) is 0 Å². The van der Waals surface area contributed by atoms with Crippen LogP contribution in [-0.2, 0) is 9.53 Å². The number of hydrogen-bond acceptors (Lipinski definition) is 6. The Labute approximate surface area is 135 Å². The van der Waals surface area contributed by atoms with Crippen molar-refractivity contribution in [2.24, 2.45) is 5.92 Å². The van der Waals surface area contributed by atoms with Gasteiger partial charge >= 0.3 is 0 Å². The van der Waals surface area contributed by atoms with E-state index in [9.17, 15) is 4.79 Å². The quantitative estimate of drug-likeness (QED) is 0.865. The summed E-state index contributed by atoms with van der Waals surface area (Å²) in [7, 11) is 0. The molecule has 1 aliphatic heterocycles. The fourth-order valence-corrected chi connectivity index (χ4v) is 2.70. The van der Waals surface area contributed by atoms with Crippen LogP contribution in [0.15, 0.2) is 4.52 Å². The Balaban J connectivity index is 2.17. The lowest BCUT2D eigenvalue weighted by Gasteiger charge is -2.29. The summed E-state index contributed by atoms with van der Waals surface area (Å²) in [5.41, 5.74) is 0. The standard InChI is InChI=1S/C15H25N3O3S/c1-9(2)13-17-15(21-18-13)12(11-5-7-20-8-6-11)16-14(19)10(3)22-4/h9-12H,5-8H2,1-4H3,(H,16,19)/t10-,12+/m0/s1. The van der Waals surface area contributed by atoms with E-state index in [0.717, 1.165) is 12.8 Å². The number of nitrogens with one attached hydrogen (secondary N) is 1. The van der Waals surface area contributed by atoms with Gasteiger partial charge in [0, 0.05) is 19.1 Å². The first kappa shape index (κ1) is 17.3. The molecule has 1 N–H and O–H groups in total. The molecule has 7 heteroatoms. The highest BCUT2D eigenvalue weighted by molar-refractivity contribution is 7.99. The number of carbonyl (C=O) groups excluding carboxylic acids is 1. The summed E-state index contributed by atoms with van der Waals surface area (Å²) in [6.07, 6.45) is 3.70. The maximum Gasteiger partial charge on any atom is 0.249 e. The molecule has 124 valence electrons. The van der Waals surface area contributed by atoms with Crippen LogP contribution >= 0.6 is 11.8 Å². The van der Waals surface area contributed by atoms with Crippen molar-refractivity contribution < 1.29 is 14.1 Å². The Morgan fingerprint density at radius 1 is 1.32 bits per heavy atom. The van der Waals surface area contributed by atoms with Crippen molar-refractivity contribution in [2.75, 3.05) is 19.5 Å². The topological polar surface area (TPSA) is 77.3 Å². The van der Waals surface area contributed by atoms with E-state index in [1.54, 1.807) is 0 Å². The molecule has 1 aromatic rings. The molecule has 0 aliphatic carbocycles. The number of carbonyl (C=O) groups is 1. The van der Waals surface area contributed by atoms with Gasteiger partial charge in [0.15, 0.2) is 5.82 Å². The zero-order valence-corrected chi connectivity index (χ0v) is 14.5. The second-order valence-corrected chi connectivity index (χ2v) is 7.14. The van der Waals surface area contributed by atoms with Gasteiger partial charge in [0.2, 0.25) is 11.8 Å². The SMILES string of the molecule is CS[C@@H](C)C(=O)N[C@@H](c1nc(C(C)C)no1)C1CCOCC1. The van der Waals surface area contributed by atoms with Crippen molar-refractivity contribution in [3.05, 3.63) is 11.7 Å². The van der Waals surface area contributed by atoms with E-state index in [1.807, 2.05) is 27.0 Å². The van der Waals surface area contributed by atoms with Gasteiger partial charge in [-0.25, -0.2) is 0 Å². The summed E-state index contributed by atoms with van der Waals surface area (Å²) < 4.78 is 10.9. The Bertz CT molecular complexity index is 486. The normalized spacial score (nSPS) is 19.1. The minimum atomic E-state index is -0.231. The molecule has 2 atom stereocenters.